The van der Waals surface area contributed by atoms with Gasteiger partial charge in [0.2, 0.25) is 0 Å². The monoisotopic (exact) mass is 251 g/mol. The van der Waals surface area contributed by atoms with Crippen molar-refractivity contribution < 1.29 is 38.5 Å². The molecule has 1 rings (SSSR count). The molecule has 5 heteroatoms. The van der Waals surface area contributed by atoms with Gasteiger partial charge in [-0.05, 0) is 12.1 Å². The molecule has 54 valence electrons. The second-order valence-corrected chi connectivity index (χ2v) is 1.67. The van der Waals surface area contributed by atoms with Crippen LogP contribution in [0.1, 0.15) is 0 Å². The Hall–Kier alpha value is -0.135. The lowest BCUT2D eigenvalue weighted by atomic mass is 10.1. The predicted molar refractivity (Wildman–Crippen MR) is 32.2 cm³/mol. The van der Waals surface area contributed by atoms with Crippen molar-refractivity contribution in [1.29, 1.82) is 0 Å². The van der Waals surface area contributed by atoms with Gasteiger partial charge in [0.05, 0.1) is 0 Å². The molecule has 2 N–H and O–H groups in total. The summed E-state index contributed by atoms with van der Waals surface area (Å²) in [5.41, 5.74) is 0. The Labute approximate surface area is 76.5 Å². The highest BCUT2D eigenvalue weighted by Crippen LogP contribution is 1.74. The van der Waals surface area contributed by atoms with Gasteiger partial charge < -0.3 is 34.0 Å². The number of nitrogens with zero attached hydrogens (tertiary/aromatic N) is 1. The van der Waals surface area contributed by atoms with Gasteiger partial charge in [0.1, 0.15) is 12.4 Å². The molecule has 1 aromatic heterocycles. The molecule has 0 amide bonds. The Morgan fingerprint density at radius 2 is 1.50 bits per heavy atom. The maximum absolute atomic E-state index is 8.54. The quantitative estimate of drug-likeness (QED) is 0.392. The van der Waals surface area contributed by atoms with Crippen molar-refractivity contribution in [2.45, 2.75) is 0 Å². The van der Waals surface area contributed by atoms with Crippen molar-refractivity contribution in [3.63, 3.8) is 0 Å². The lowest BCUT2D eigenvalue weighted by Gasteiger charge is -1.87. The molecule has 0 spiro atoms. The summed E-state index contributed by atoms with van der Waals surface area (Å²) < 4.78 is 1.28. The van der Waals surface area contributed by atoms with Crippen LogP contribution in [0, 0.1) is 0 Å². The summed E-state index contributed by atoms with van der Waals surface area (Å²) in [6.07, 6.45) is 3.15. The van der Waals surface area contributed by atoms with E-state index < -0.39 is 7.25 Å². The first kappa shape index (κ1) is 9.86. The van der Waals surface area contributed by atoms with E-state index in [0.717, 1.165) is 0 Å². The van der Waals surface area contributed by atoms with Gasteiger partial charge in [-0.2, -0.15) is 0 Å². The second kappa shape index (κ2) is 4.65. The van der Waals surface area contributed by atoms with Crippen molar-refractivity contribution in [2.75, 3.05) is 0 Å². The average Bonchev–Trinajstić information content (AvgIpc) is 1.90. The van der Waals surface area contributed by atoms with Gasteiger partial charge in [-0.25, -0.2) is 4.48 Å². The lowest BCUT2D eigenvalue weighted by Crippen LogP contribution is -3.00. The first-order valence-corrected chi connectivity index (χ1v) is 2.62. The minimum Gasteiger partial charge on any atom is -1.00 e. The zero-order chi connectivity index (χ0) is 6.69. The highest BCUT2D eigenvalue weighted by Gasteiger charge is 2.23. The number of halogens is 1. The van der Waals surface area contributed by atoms with Gasteiger partial charge in [-0.3, -0.25) is 0 Å². The molecule has 0 bridgehead atoms. The molecule has 0 fully saturated rings. The van der Waals surface area contributed by atoms with E-state index >= 15 is 0 Å². The van der Waals surface area contributed by atoms with Crippen molar-refractivity contribution in [3.8, 4) is 0 Å². The van der Waals surface area contributed by atoms with Gasteiger partial charge in [0.25, 0.3) is 0 Å². The summed E-state index contributed by atoms with van der Waals surface area (Å²) in [4.78, 5) is 0. The van der Waals surface area contributed by atoms with E-state index in [-0.39, 0.29) is 24.0 Å². The summed E-state index contributed by atoms with van der Waals surface area (Å²) in [7, 11) is -1.42. The van der Waals surface area contributed by atoms with E-state index in [1.807, 2.05) is 0 Å². The molecule has 0 aliphatic carbocycles. The molecule has 0 saturated heterocycles. The molecular weight excluding hydrogens is 244 g/mol. The van der Waals surface area contributed by atoms with E-state index in [0.29, 0.717) is 0 Å². The van der Waals surface area contributed by atoms with E-state index in [1.165, 1.54) is 4.48 Å². The molecule has 0 unspecified atom stereocenters. The van der Waals surface area contributed by atoms with Crippen LogP contribution in [0.5, 0.6) is 0 Å². The third kappa shape index (κ3) is 2.63. The van der Waals surface area contributed by atoms with Crippen molar-refractivity contribution >= 4 is 7.25 Å². The lowest BCUT2D eigenvalue weighted by molar-refractivity contribution is -0.562. The fourth-order valence-corrected chi connectivity index (χ4v) is 0.566. The fraction of sp³-hybridized carbons (Fsp3) is 0. The van der Waals surface area contributed by atoms with Crippen LogP contribution < -0.4 is 28.5 Å². The average molecular weight is 251 g/mol. The fourth-order valence-electron chi connectivity index (χ4n) is 0.566. The van der Waals surface area contributed by atoms with Gasteiger partial charge in [0.15, 0.2) is 0 Å². The van der Waals surface area contributed by atoms with Gasteiger partial charge in [-0.15, -0.1) is 0 Å². The molecule has 3 nitrogen and oxygen atoms in total. The number of hydrogen-bond donors (Lipinski definition) is 2. The highest BCUT2D eigenvalue weighted by atomic mass is 127. The molecule has 1 aromatic rings. The van der Waals surface area contributed by atoms with Crippen molar-refractivity contribution in [2.24, 2.45) is 0 Å². The Bertz CT molecular complexity index is 182. The molecule has 0 atom stereocenters. The number of rotatable bonds is 1. The van der Waals surface area contributed by atoms with Crippen LogP contribution in [-0.2, 0) is 0 Å². The zero-order valence-corrected chi connectivity index (χ0v) is 7.34. The molecule has 1 heterocycles. The topological polar surface area (TPSA) is 44.3 Å². The number of hydrogen-bond acceptors (Lipinski definition) is 2. The van der Waals surface area contributed by atoms with E-state index in [1.54, 1.807) is 30.6 Å². The molecule has 0 aliphatic heterocycles. The van der Waals surface area contributed by atoms with Crippen LogP contribution in [0.4, 0.5) is 0 Å². The van der Waals surface area contributed by atoms with Gasteiger partial charge in [-0.1, -0.05) is 6.07 Å². The Morgan fingerprint density at radius 1 is 1.00 bits per heavy atom. The zero-order valence-electron chi connectivity index (χ0n) is 5.18. The van der Waals surface area contributed by atoms with E-state index in [9.17, 15) is 0 Å². The summed E-state index contributed by atoms with van der Waals surface area (Å²) in [5.74, 6) is 0. The van der Waals surface area contributed by atoms with Gasteiger partial charge in [0, 0.05) is 0 Å². The molecule has 0 saturated carbocycles. The summed E-state index contributed by atoms with van der Waals surface area (Å²) in [6, 6.07) is 5.25. The largest absolute Gasteiger partial charge is 1.00 e. The van der Waals surface area contributed by atoms with E-state index in [2.05, 4.69) is 0 Å². The minimum absolute atomic E-state index is 0. The first-order valence-electron chi connectivity index (χ1n) is 2.62. The normalized spacial score (nSPS) is 8.20. The molecule has 10 heavy (non-hydrogen) atoms. The van der Waals surface area contributed by atoms with Crippen LogP contribution in [0.25, 0.3) is 0 Å². The maximum Gasteiger partial charge on any atom is 0.843 e. The second-order valence-electron chi connectivity index (χ2n) is 1.67. The van der Waals surface area contributed by atoms with Crippen LogP contribution in [0.2, 0.25) is 0 Å². The first-order chi connectivity index (χ1) is 4.30. The highest BCUT2D eigenvalue weighted by molar-refractivity contribution is 6.29. The van der Waals surface area contributed by atoms with Crippen molar-refractivity contribution in [1.82, 2.24) is 0 Å². The summed E-state index contributed by atoms with van der Waals surface area (Å²) >= 11 is 0. The minimum atomic E-state index is -1.42. The van der Waals surface area contributed by atoms with Gasteiger partial charge >= 0.3 is 7.25 Å². The van der Waals surface area contributed by atoms with Crippen LogP contribution in [-0.4, -0.2) is 17.3 Å². The molecule has 0 aromatic carbocycles. The number of pyridine rings is 1. The molecule has 0 radical (unpaired) electrons. The van der Waals surface area contributed by atoms with E-state index in [4.69, 9.17) is 10.0 Å². The summed E-state index contributed by atoms with van der Waals surface area (Å²) in [6.45, 7) is 0. The summed E-state index contributed by atoms with van der Waals surface area (Å²) in [5, 5.41) is 17.1. The molecular formula is C5H7BINO2. The predicted octanol–water partition coefficient (Wildman–Crippen LogP) is -4.20. The van der Waals surface area contributed by atoms with Crippen molar-refractivity contribution in [3.05, 3.63) is 30.6 Å². The Balaban J connectivity index is 0.000000810. The molecule has 0 aliphatic rings. The maximum atomic E-state index is 8.54. The Kier molecular flexibility index (Phi) is 4.58. The third-order valence-corrected chi connectivity index (χ3v) is 1.01. The SMILES string of the molecule is OB(O)[n+]1ccccc1.[I-]. The number of aromatic nitrogens is 1. The van der Waals surface area contributed by atoms with Crippen LogP contribution in [0.3, 0.4) is 0 Å². The smallest absolute Gasteiger partial charge is 0.843 e. The van der Waals surface area contributed by atoms with Crippen LogP contribution in [0.15, 0.2) is 30.6 Å². The third-order valence-electron chi connectivity index (χ3n) is 1.01. The van der Waals surface area contributed by atoms with Crippen LogP contribution >= 0.6 is 0 Å². The Morgan fingerprint density at radius 3 is 1.80 bits per heavy atom. The standard InChI is InChI=1S/C5H7BNO2.HI/c8-6(9)7-4-2-1-3-5-7;/h1-5,8-9H;1H/q+1;/p-1.